The summed E-state index contributed by atoms with van der Waals surface area (Å²) in [7, 11) is 0. The van der Waals surface area contributed by atoms with Crippen LogP contribution in [0.1, 0.15) is 49.9 Å². The van der Waals surface area contributed by atoms with Gasteiger partial charge in [-0.25, -0.2) is 0 Å². The highest BCUT2D eigenvalue weighted by atomic mass is 79.9. The molecule has 114 valence electrons. The molecule has 4 heteroatoms. The Morgan fingerprint density at radius 3 is 2.86 bits per heavy atom. The van der Waals surface area contributed by atoms with Gasteiger partial charge in [0, 0.05) is 23.5 Å². The smallest absolute Gasteiger partial charge is 0.170 e. The fourth-order valence-electron chi connectivity index (χ4n) is 3.45. The molecule has 0 radical (unpaired) electrons. The molecule has 0 bridgehead atoms. The standard InChI is InChI=1S/C17H22BrNO2/c1-12(2)19-8-3-6-17(7-9-19)11-15(20)14-5-4-13(18)10-16(14)21-17/h4-5,10,12H,3,6-9,11H2,1-2H3. The van der Waals surface area contributed by atoms with Crippen molar-refractivity contribution in [1.29, 1.82) is 0 Å². The Labute approximate surface area is 134 Å². The average Bonchev–Trinajstić information content (AvgIpc) is 2.61. The third kappa shape index (κ3) is 3.02. The molecule has 1 fully saturated rings. The van der Waals surface area contributed by atoms with E-state index < -0.39 is 0 Å². The molecule has 1 unspecified atom stereocenters. The van der Waals surface area contributed by atoms with Crippen molar-refractivity contribution in [2.24, 2.45) is 0 Å². The molecule has 1 saturated heterocycles. The monoisotopic (exact) mass is 351 g/mol. The molecule has 0 aromatic heterocycles. The predicted octanol–water partition coefficient (Wildman–Crippen LogP) is 4.05. The summed E-state index contributed by atoms with van der Waals surface area (Å²) in [5.41, 5.74) is 0.433. The van der Waals surface area contributed by atoms with Gasteiger partial charge in [0.15, 0.2) is 5.78 Å². The van der Waals surface area contributed by atoms with E-state index in [4.69, 9.17) is 4.74 Å². The van der Waals surface area contributed by atoms with Crippen molar-refractivity contribution in [2.45, 2.75) is 51.2 Å². The van der Waals surface area contributed by atoms with E-state index in [1.54, 1.807) is 0 Å². The average molecular weight is 352 g/mol. The maximum Gasteiger partial charge on any atom is 0.170 e. The van der Waals surface area contributed by atoms with E-state index in [1.165, 1.54) is 0 Å². The number of rotatable bonds is 1. The predicted molar refractivity (Wildman–Crippen MR) is 87.0 cm³/mol. The highest BCUT2D eigenvalue weighted by Gasteiger charge is 2.41. The number of ether oxygens (including phenoxy) is 1. The number of hydrogen-bond acceptors (Lipinski definition) is 3. The highest BCUT2D eigenvalue weighted by molar-refractivity contribution is 9.10. The fraction of sp³-hybridized carbons (Fsp3) is 0.588. The van der Waals surface area contributed by atoms with Crippen LogP contribution in [0.4, 0.5) is 0 Å². The van der Waals surface area contributed by atoms with E-state index in [2.05, 4.69) is 34.7 Å². The first-order valence-electron chi connectivity index (χ1n) is 7.75. The van der Waals surface area contributed by atoms with Gasteiger partial charge in [-0.1, -0.05) is 15.9 Å². The van der Waals surface area contributed by atoms with Crippen LogP contribution in [0.25, 0.3) is 0 Å². The zero-order valence-corrected chi connectivity index (χ0v) is 14.3. The molecule has 1 aromatic carbocycles. The minimum atomic E-state index is -0.297. The minimum Gasteiger partial charge on any atom is -0.486 e. The van der Waals surface area contributed by atoms with Crippen molar-refractivity contribution in [3.05, 3.63) is 28.2 Å². The van der Waals surface area contributed by atoms with Crippen molar-refractivity contribution < 1.29 is 9.53 Å². The Kier molecular flexibility index (Phi) is 4.10. The summed E-state index contributed by atoms with van der Waals surface area (Å²) in [5, 5.41) is 0. The number of carbonyl (C=O) groups is 1. The fourth-order valence-corrected chi connectivity index (χ4v) is 3.79. The van der Waals surface area contributed by atoms with Crippen molar-refractivity contribution in [2.75, 3.05) is 13.1 Å². The SMILES string of the molecule is CC(C)N1CCCC2(CC1)CC(=O)c1ccc(Br)cc1O2. The van der Waals surface area contributed by atoms with Gasteiger partial charge in [0.2, 0.25) is 0 Å². The van der Waals surface area contributed by atoms with Crippen LogP contribution in [0, 0.1) is 0 Å². The summed E-state index contributed by atoms with van der Waals surface area (Å²) in [5.74, 6) is 0.973. The van der Waals surface area contributed by atoms with E-state index in [9.17, 15) is 4.79 Å². The molecule has 2 heterocycles. The van der Waals surface area contributed by atoms with Gasteiger partial charge in [-0.15, -0.1) is 0 Å². The van der Waals surface area contributed by atoms with Gasteiger partial charge >= 0.3 is 0 Å². The summed E-state index contributed by atoms with van der Waals surface area (Å²) in [4.78, 5) is 15.0. The Bertz CT molecular complexity index is 558. The first kappa shape index (κ1) is 15.0. The van der Waals surface area contributed by atoms with E-state index in [0.29, 0.717) is 12.5 Å². The zero-order valence-electron chi connectivity index (χ0n) is 12.7. The maximum atomic E-state index is 12.5. The van der Waals surface area contributed by atoms with Crippen molar-refractivity contribution in [1.82, 2.24) is 4.90 Å². The van der Waals surface area contributed by atoms with Crippen LogP contribution >= 0.6 is 15.9 Å². The van der Waals surface area contributed by atoms with Crippen LogP contribution in [0.15, 0.2) is 22.7 Å². The van der Waals surface area contributed by atoms with Crippen molar-refractivity contribution in [3.63, 3.8) is 0 Å². The van der Waals surface area contributed by atoms with E-state index in [1.807, 2.05) is 18.2 Å². The topological polar surface area (TPSA) is 29.5 Å². The number of halogens is 1. The third-order valence-electron chi connectivity index (χ3n) is 4.72. The second kappa shape index (κ2) is 5.73. The van der Waals surface area contributed by atoms with E-state index >= 15 is 0 Å². The first-order chi connectivity index (χ1) is 9.99. The van der Waals surface area contributed by atoms with Gasteiger partial charge in [-0.05, 0) is 51.4 Å². The van der Waals surface area contributed by atoms with Gasteiger partial charge in [-0.3, -0.25) is 4.79 Å². The summed E-state index contributed by atoms with van der Waals surface area (Å²) in [6.07, 6.45) is 3.51. The molecule has 1 spiro atoms. The number of carbonyl (C=O) groups excluding carboxylic acids is 1. The second-order valence-corrected chi connectivity index (χ2v) is 7.42. The second-order valence-electron chi connectivity index (χ2n) is 6.51. The maximum absolute atomic E-state index is 12.5. The number of ketones is 1. The van der Waals surface area contributed by atoms with Crippen LogP contribution in [0.2, 0.25) is 0 Å². The van der Waals surface area contributed by atoms with Gasteiger partial charge in [0.05, 0.1) is 12.0 Å². The quantitative estimate of drug-likeness (QED) is 0.764. The number of benzene rings is 1. The molecule has 2 aliphatic heterocycles. The van der Waals surface area contributed by atoms with Gasteiger partial charge < -0.3 is 9.64 Å². The number of fused-ring (bicyclic) bond motifs is 1. The molecule has 2 aliphatic rings. The Morgan fingerprint density at radius 2 is 2.10 bits per heavy atom. The number of likely N-dealkylation sites (tertiary alicyclic amines) is 1. The third-order valence-corrected chi connectivity index (χ3v) is 5.21. The lowest BCUT2D eigenvalue weighted by Crippen LogP contribution is -2.43. The van der Waals surface area contributed by atoms with Gasteiger partial charge in [0.1, 0.15) is 11.4 Å². The van der Waals surface area contributed by atoms with E-state index in [0.717, 1.165) is 48.1 Å². The molecule has 3 nitrogen and oxygen atoms in total. The summed E-state index contributed by atoms with van der Waals surface area (Å²) >= 11 is 3.47. The summed E-state index contributed by atoms with van der Waals surface area (Å²) in [6.45, 7) is 6.57. The van der Waals surface area contributed by atoms with Crippen LogP contribution < -0.4 is 4.74 Å². The molecule has 0 aliphatic carbocycles. The molecule has 21 heavy (non-hydrogen) atoms. The highest BCUT2D eigenvalue weighted by Crippen LogP contribution is 2.40. The molecule has 1 aromatic rings. The van der Waals surface area contributed by atoms with Crippen molar-refractivity contribution in [3.8, 4) is 5.75 Å². The van der Waals surface area contributed by atoms with Crippen LogP contribution in [0.5, 0.6) is 5.75 Å². The lowest BCUT2D eigenvalue weighted by Gasteiger charge is -2.37. The van der Waals surface area contributed by atoms with Crippen molar-refractivity contribution >= 4 is 21.7 Å². The van der Waals surface area contributed by atoms with E-state index in [-0.39, 0.29) is 11.4 Å². The first-order valence-corrected chi connectivity index (χ1v) is 8.54. The Hall–Kier alpha value is -0.870. The van der Waals surface area contributed by atoms with Gasteiger partial charge in [-0.2, -0.15) is 0 Å². The molecular weight excluding hydrogens is 330 g/mol. The Balaban J connectivity index is 1.85. The van der Waals surface area contributed by atoms with Crippen LogP contribution in [-0.2, 0) is 0 Å². The lowest BCUT2D eigenvalue weighted by atomic mass is 9.84. The molecular formula is C17H22BrNO2. The number of nitrogens with zero attached hydrogens (tertiary/aromatic N) is 1. The largest absolute Gasteiger partial charge is 0.486 e. The molecule has 0 N–H and O–H groups in total. The molecule has 3 rings (SSSR count). The molecule has 0 amide bonds. The number of Topliss-reactive ketones (excluding diaryl/α,β-unsaturated/α-hetero) is 1. The van der Waals surface area contributed by atoms with Crippen LogP contribution in [0.3, 0.4) is 0 Å². The minimum absolute atomic E-state index is 0.224. The summed E-state index contributed by atoms with van der Waals surface area (Å²) in [6, 6.07) is 6.26. The Morgan fingerprint density at radius 1 is 1.29 bits per heavy atom. The number of hydrogen-bond donors (Lipinski definition) is 0. The molecule has 0 saturated carbocycles. The summed E-state index contributed by atoms with van der Waals surface area (Å²) < 4.78 is 7.30. The van der Waals surface area contributed by atoms with Crippen LogP contribution in [-0.4, -0.2) is 35.4 Å². The zero-order chi connectivity index (χ0) is 15.0. The van der Waals surface area contributed by atoms with Gasteiger partial charge in [0.25, 0.3) is 0 Å². The lowest BCUT2D eigenvalue weighted by molar-refractivity contribution is 0.0294. The normalized spacial score (nSPS) is 26.6. The molecule has 1 atom stereocenters.